The van der Waals surface area contributed by atoms with Gasteiger partial charge in [0.05, 0.1) is 30.2 Å². The van der Waals surface area contributed by atoms with Crippen molar-refractivity contribution in [3.63, 3.8) is 0 Å². The standard InChI is InChI=1S/C22H23N3O3S/c1-3-28-22(27)19-13-23-25(15(19)2)18-8-6-16(7-9-18)21(26)24-11-4-5-20(24)17-10-12-29-14-17/h6-10,12-14,20H,3-5,11H2,1-2H3. The molecule has 1 aliphatic heterocycles. The molecule has 1 amide bonds. The quantitative estimate of drug-likeness (QED) is 0.586. The molecule has 1 aliphatic rings. The van der Waals surface area contributed by atoms with Crippen LogP contribution in [-0.4, -0.2) is 39.7 Å². The first-order chi connectivity index (χ1) is 14.1. The Hall–Kier alpha value is -2.93. The maximum Gasteiger partial charge on any atom is 0.341 e. The number of esters is 1. The number of benzene rings is 1. The van der Waals surface area contributed by atoms with Crippen molar-refractivity contribution < 1.29 is 14.3 Å². The van der Waals surface area contributed by atoms with Gasteiger partial charge in [0.15, 0.2) is 0 Å². The van der Waals surface area contributed by atoms with Crippen LogP contribution < -0.4 is 0 Å². The van der Waals surface area contributed by atoms with Crippen molar-refractivity contribution in [2.75, 3.05) is 13.2 Å². The van der Waals surface area contributed by atoms with Gasteiger partial charge < -0.3 is 9.64 Å². The van der Waals surface area contributed by atoms with E-state index in [1.165, 1.54) is 11.8 Å². The number of aromatic nitrogens is 2. The summed E-state index contributed by atoms with van der Waals surface area (Å²) in [4.78, 5) is 27.0. The molecule has 0 N–H and O–H groups in total. The molecule has 0 aliphatic carbocycles. The van der Waals surface area contributed by atoms with Crippen molar-refractivity contribution in [3.8, 4) is 5.69 Å². The van der Waals surface area contributed by atoms with Crippen LogP contribution in [-0.2, 0) is 4.74 Å². The summed E-state index contributed by atoms with van der Waals surface area (Å²) in [7, 11) is 0. The molecule has 4 rings (SSSR count). The molecule has 3 heterocycles. The van der Waals surface area contributed by atoms with Crippen LogP contribution in [0.5, 0.6) is 0 Å². The van der Waals surface area contributed by atoms with Gasteiger partial charge >= 0.3 is 5.97 Å². The molecule has 1 fully saturated rings. The van der Waals surface area contributed by atoms with Crippen molar-refractivity contribution in [2.45, 2.75) is 32.7 Å². The average Bonchev–Trinajstić information content (AvgIpc) is 3.48. The molecule has 6 nitrogen and oxygen atoms in total. The van der Waals surface area contributed by atoms with Gasteiger partial charge in [-0.25, -0.2) is 9.48 Å². The molecule has 0 radical (unpaired) electrons. The van der Waals surface area contributed by atoms with Crippen LogP contribution in [0.1, 0.15) is 57.8 Å². The Bertz CT molecular complexity index is 1010. The van der Waals surface area contributed by atoms with Crippen LogP contribution >= 0.6 is 11.3 Å². The Morgan fingerprint density at radius 2 is 2.03 bits per heavy atom. The first kappa shape index (κ1) is 19.4. The molecule has 1 atom stereocenters. The summed E-state index contributed by atoms with van der Waals surface area (Å²) in [5, 5.41) is 8.49. The smallest absolute Gasteiger partial charge is 0.341 e. The zero-order chi connectivity index (χ0) is 20.4. The first-order valence-electron chi connectivity index (χ1n) is 9.75. The second kappa shape index (κ2) is 8.21. The molecule has 2 aromatic heterocycles. The molecule has 0 spiro atoms. The van der Waals surface area contributed by atoms with E-state index < -0.39 is 0 Å². The van der Waals surface area contributed by atoms with Crippen molar-refractivity contribution in [2.24, 2.45) is 0 Å². The Balaban J connectivity index is 1.54. The minimum Gasteiger partial charge on any atom is -0.462 e. The second-order valence-electron chi connectivity index (χ2n) is 7.04. The third-order valence-electron chi connectivity index (χ3n) is 5.31. The summed E-state index contributed by atoms with van der Waals surface area (Å²) in [5.74, 6) is -0.328. The summed E-state index contributed by atoms with van der Waals surface area (Å²) in [6.07, 6.45) is 3.54. The lowest BCUT2D eigenvalue weighted by molar-refractivity contribution is 0.0525. The molecule has 1 unspecified atom stereocenters. The number of hydrogen-bond donors (Lipinski definition) is 0. The van der Waals surface area contributed by atoms with Crippen molar-refractivity contribution in [3.05, 3.63) is 69.7 Å². The topological polar surface area (TPSA) is 64.4 Å². The van der Waals surface area contributed by atoms with E-state index in [-0.39, 0.29) is 17.9 Å². The van der Waals surface area contributed by atoms with Crippen LogP contribution in [0.4, 0.5) is 0 Å². The Morgan fingerprint density at radius 1 is 1.24 bits per heavy atom. The third kappa shape index (κ3) is 3.70. The van der Waals surface area contributed by atoms with Gasteiger partial charge in [0.2, 0.25) is 0 Å². The van der Waals surface area contributed by atoms with E-state index >= 15 is 0 Å². The van der Waals surface area contributed by atoms with Crippen LogP contribution in [0.2, 0.25) is 0 Å². The molecule has 3 aromatic rings. The minimum atomic E-state index is -0.378. The monoisotopic (exact) mass is 409 g/mol. The lowest BCUT2D eigenvalue weighted by atomic mass is 10.1. The number of likely N-dealkylation sites (tertiary alicyclic amines) is 1. The van der Waals surface area contributed by atoms with Crippen LogP contribution in [0.25, 0.3) is 5.69 Å². The maximum absolute atomic E-state index is 13.1. The Morgan fingerprint density at radius 3 is 2.72 bits per heavy atom. The number of carbonyl (C=O) groups excluding carboxylic acids is 2. The van der Waals surface area contributed by atoms with Crippen molar-refractivity contribution >= 4 is 23.2 Å². The number of rotatable bonds is 5. The highest BCUT2D eigenvalue weighted by Gasteiger charge is 2.30. The number of thiophene rings is 1. The zero-order valence-electron chi connectivity index (χ0n) is 16.5. The van der Waals surface area contributed by atoms with Crippen LogP contribution in [0.3, 0.4) is 0 Å². The molecule has 1 aromatic carbocycles. The van der Waals surface area contributed by atoms with E-state index in [2.05, 4.69) is 21.9 Å². The largest absolute Gasteiger partial charge is 0.462 e. The highest BCUT2D eigenvalue weighted by atomic mass is 32.1. The summed E-state index contributed by atoms with van der Waals surface area (Å²) in [5.41, 5.74) is 3.83. The lowest BCUT2D eigenvalue weighted by Crippen LogP contribution is -2.30. The molecule has 0 bridgehead atoms. The third-order valence-corrected chi connectivity index (χ3v) is 6.01. The van der Waals surface area contributed by atoms with E-state index in [1.54, 1.807) is 22.9 Å². The summed E-state index contributed by atoms with van der Waals surface area (Å²) >= 11 is 1.66. The molecule has 1 saturated heterocycles. The summed E-state index contributed by atoms with van der Waals surface area (Å²) < 4.78 is 6.75. The summed E-state index contributed by atoms with van der Waals surface area (Å²) in [6, 6.07) is 9.63. The van der Waals surface area contributed by atoms with Crippen molar-refractivity contribution in [1.82, 2.24) is 14.7 Å². The molecule has 7 heteroatoms. The maximum atomic E-state index is 13.1. The van der Waals surface area contributed by atoms with Gasteiger partial charge in [-0.15, -0.1) is 0 Å². The molecule has 0 saturated carbocycles. The average molecular weight is 410 g/mol. The highest BCUT2D eigenvalue weighted by Crippen LogP contribution is 2.34. The number of ether oxygens (including phenoxy) is 1. The van der Waals surface area contributed by atoms with Crippen molar-refractivity contribution in [1.29, 1.82) is 0 Å². The molecular weight excluding hydrogens is 386 g/mol. The van der Waals surface area contributed by atoms with E-state index in [1.807, 2.05) is 36.1 Å². The molecule has 150 valence electrons. The fourth-order valence-corrected chi connectivity index (χ4v) is 4.52. The van der Waals surface area contributed by atoms with Gasteiger partial charge in [0.25, 0.3) is 5.91 Å². The summed E-state index contributed by atoms with van der Waals surface area (Å²) in [6.45, 7) is 4.70. The van der Waals surface area contributed by atoms with Gasteiger partial charge in [-0.05, 0) is 73.3 Å². The number of hydrogen-bond acceptors (Lipinski definition) is 5. The Kier molecular flexibility index (Phi) is 5.49. The van der Waals surface area contributed by atoms with Crippen LogP contribution in [0, 0.1) is 6.92 Å². The van der Waals surface area contributed by atoms with Crippen LogP contribution in [0.15, 0.2) is 47.3 Å². The number of carbonyl (C=O) groups is 2. The normalized spacial score (nSPS) is 16.2. The number of nitrogens with zero attached hydrogens (tertiary/aromatic N) is 3. The SMILES string of the molecule is CCOC(=O)c1cnn(-c2ccc(C(=O)N3CCCC3c3ccsc3)cc2)c1C. The molecular formula is C22H23N3O3S. The minimum absolute atomic E-state index is 0.0506. The van der Waals surface area contributed by atoms with Gasteiger partial charge in [0.1, 0.15) is 5.56 Å². The Labute approximate surface area is 173 Å². The van der Waals surface area contributed by atoms with E-state index in [9.17, 15) is 9.59 Å². The molecule has 29 heavy (non-hydrogen) atoms. The fraction of sp³-hybridized carbons (Fsp3) is 0.318. The van der Waals surface area contributed by atoms with Gasteiger partial charge in [-0.3, -0.25) is 4.79 Å². The first-order valence-corrected chi connectivity index (χ1v) is 10.7. The predicted octanol–water partition coefficient (Wildman–Crippen LogP) is 4.40. The van der Waals surface area contributed by atoms with Gasteiger partial charge in [0, 0.05) is 12.1 Å². The fourth-order valence-electron chi connectivity index (χ4n) is 3.81. The number of amides is 1. The zero-order valence-corrected chi connectivity index (χ0v) is 17.3. The van der Waals surface area contributed by atoms with E-state index in [0.29, 0.717) is 23.4 Å². The lowest BCUT2D eigenvalue weighted by Gasteiger charge is -2.24. The van der Waals surface area contributed by atoms with Gasteiger partial charge in [-0.2, -0.15) is 16.4 Å². The van der Waals surface area contributed by atoms with E-state index in [0.717, 1.165) is 25.1 Å². The van der Waals surface area contributed by atoms with Gasteiger partial charge in [-0.1, -0.05) is 0 Å². The highest BCUT2D eigenvalue weighted by molar-refractivity contribution is 7.08. The van der Waals surface area contributed by atoms with E-state index in [4.69, 9.17) is 4.74 Å². The second-order valence-corrected chi connectivity index (χ2v) is 7.82. The predicted molar refractivity (Wildman–Crippen MR) is 112 cm³/mol.